The first-order chi connectivity index (χ1) is 10.9. The number of anilines is 2. The van der Waals surface area contributed by atoms with E-state index < -0.39 is 16.1 Å². The Kier molecular flexibility index (Phi) is 3.69. The molecule has 1 aliphatic heterocycles. The number of pyridine rings is 1. The van der Waals surface area contributed by atoms with Crippen molar-refractivity contribution >= 4 is 27.4 Å². The van der Waals surface area contributed by atoms with Crippen LogP contribution in [-0.4, -0.2) is 25.5 Å². The fourth-order valence-corrected chi connectivity index (χ4v) is 3.72. The molecule has 0 radical (unpaired) electrons. The van der Waals surface area contributed by atoms with Gasteiger partial charge in [0.1, 0.15) is 10.6 Å². The van der Waals surface area contributed by atoms with Crippen LogP contribution in [0.5, 0.6) is 5.75 Å². The maximum atomic E-state index is 12.7. The van der Waals surface area contributed by atoms with Gasteiger partial charge in [0.2, 0.25) is 0 Å². The molecule has 1 aliphatic rings. The monoisotopic (exact) mass is 333 g/mol. The fourth-order valence-electron chi connectivity index (χ4n) is 2.27. The number of hydrogen-bond donors (Lipinski definition) is 1. The first-order valence-corrected chi connectivity index (χ1v) is 8.40. The summed E-state index contributed by atoms with van der Waals surface area (Å²) < 4.78 is 31.7. The van der Waals surface area contributed by atoms with Crippen molar-refractivity contribution in [1.82, 2.24) is 4.98 Å². The predicted octanol–water partition coefficient (Wildman–Crippen LogP) is 2.61. The summed E-state index contributed by atoms with van der Waals surface area (Å²) in [6, 6.07) is 7.08. The van der Waals surface area contributed by atoms with Crippen molar-refractivity contribution in [3.8, 4) is 5.75 Å². The number of aromatic nitrogens is 1. The molecule has 0 bridgehead atoms. The lowest BCUT2D eigenvalue weighted by atomic mass is 10.3. The standard InChI is InChI=1S/C15H15N3O4S/c1-10(2)22-12-5-3-4-11(8-12)18-15(19)17-13-6-7-16-9-14(13)23(18,20)21/h3-10H,1-2H3,(H,17,19). The van der Waals surface area contributed by atoms with Crippen LogP contribution in [0.2, 0.25) is 0 Å². The Labute approximate surface area is 134 Å². The summed E-state index contributed by atoms with van der Waals surface area (Å²) in [5.41, 5.74) is 0.422. The van der Waals surface area contributed by atoms with Crippen LogP contribution in [0.15, 0.2) is 47.6 Å². The van der Waals surface area contributed by atoms with Gasteiger partial charge in [-0.05, 0) is 32.0 Å². The van der Waals surface area contributed by atoms with E-state index in [1.54, 1.807) is 12.1 Å². The molecule has 0 spiro atoms. The van der Waals surface area contributed by atoms with Crippen molar-refractivity contribution < 1.29 is 17.9 Å². The number of amides is 2. The smallest absolute Gasteiger partial charge is 0.340 e. The van der Waals surface area contributed by atoms with Crippen LogP contribution in [0, 0.1) is 0 Å². The molecule has 7 nitrogen and oxygen atoms in total. The lowest BCUT2D eigenvalue weighted by molar-refractivity contribution is 0.242. The molecule has 2 aromatic rings. The highest BCUT2D eigenvalue weighted by Gasteiger charge is 2.38. The first kappa shape index (κ1) is 15.3. The maximum Gasteiger partial charge on any atom is 0.340 e. The second-order valence-corrected chi connectivity index (χ2v) is 6.99. The first-order valence-electron chi connectivity index (χ1n) is 6.96. The summed E-state index contributed by atoms with van der Waals surface area (Å²) in [5.74, 6) is 0.484. The number of nitrogens with one attached hydrogen (secondary N) is 1. The quantitative estimate of drug-likeness (QED) is 0.932. The highest BCUT2D eigenvalue weighted by atomic mass is 32.2. The molecule has 0 fully saturated rings. The molecule has 8 heteroatoms. The van der Waals surface area contributed by atoms with E-state index in [0.717, 1.165) is 0 Å². The highest BCUT2D eigenvalue weighted by molar-refractivity contribution is 7.94. The van der Waals surface area contributed by atoms with Gasteiger partial charge in [-0.2, -0.15) is 4.31 Å². The van der Waals surface area contributed by atoms with Gasteiger partial charge < -0.3 is 10.1 Å². The maximum absolute atomic E-state index is 12.7. The molecule has 0 saturated heterocycles. The zero-order valence-corrected chi connectivity index (χ0v) is 13.4. The third-order valence-electron chi connectivity index (χ3n) is 3.15. The molecule has 0 saturated carbocycles. The minimum atomic E-state index is -4.03. The Morgan fingerprint density at radius 3 is 2.78 bits per heavy atom. The minimum Gasteiger partial charge on any atom is -0.491 e. The second-order valence-electron chi connectivity index (χ2n) is 5.24. The van der Waals surface area contributed by atoms with Crippen molar-refractivity contribution in [1.29, 1.82) is 0 Å². The number of fused-ring (bicyclic) bond motifs is 1. The number of benzene rings is 1. The number of hydrogen-bond acceptors (Lipinski definition) is 5. The normalized spacial score (nSPS) is 16.0. The van der Waals surface area contributed by atoms with E-state index in [2.05, 4.69) is 10.3 Å². The van der Waals surface area contributed by atoms with Gasteiger partial charge >= 0.3 is 6.03 Å². The Bertz CT molecular complexity index is 865. The van der Waals surface area contributed by atoms with Crippen LogP contribution in [0.3, 0.4) is 0 Å². The van der Waals surface area contributed by atoms with E-state index >= 15 is 0 Å². The average molecular weight is 333 g/mol. The van der Waals surface area contributed by atoms with Crippen LogP contribution in [0.25, 0.3) is 0 Å². The van der Waals surface area contributed by atoms with E-state index in [9.17, 15) is 13.2 Å². The molecule has 23 heavy (non-hydrogen) atoms. The van der Waals surface area contributed by atoms with Crippen molar-refractivity contribution in [2.45, 2.75) is 24.8 Å². The van der Waals surface area contributed by atoms with Gasteiger partial charge in [-0.1, -0.05) is 6.07 Å². The van der Waals surface area contributed by atoms with Crippen molar-refractivity contribution in [2.24, 2.45) is 0 Å². The number of urea groups is 1. The van der Waals surface area contributed by atoms with Crippen LogP contribution in [-0.2, 0) is 10.0 Å². The minimum absolute atomic E-state index is 0.0465. The lowest BCUT2D eigenvalue weighted by Crippen LogP contribution is -2.44. The Morgan fingerprint density at radius 1 is 1.26 bits per heavy atom. The zero-order valence-electron chi connectivity index (χ0n) is 12.6. The summed E-state index contributed by atoms with van der Waals surface area (Å²) >= 11 is 0. The van der Waals surface area contributed by atoms with Crippen LogP contribution < -0.4 is 14.4 Å². The largest absolute Gasteiger partial charge is 0.491 e. The van der Waals surface area contributed by atoms with E-state index in [1.165, 1.54) is 30.6 Å². The SMILES string of the molecule is CC(C)Oc1cccc(N2C(=O)Nc3ccncc3S2(=O)=O)c1. The van der Waals surface area contributed by atoms with Gasteiger partial charge in [-0.25, -0.2) is 13.2 Å². The summed E-state index contributed by atoms with van der Waals surface area (Å²) in [6.07, 6.45) is 2.56. The summed E-state index contributed by atoms with van der Waals surface area (Å²) in [6.45, 7) is 3.72. The predicted molar refractivity (Wildman–Crippen MR) is 85.1 cm³/mol. The second kappa shape index (κ2) is 5.54. The van der Waals surface area contributed by atoms with Gasteiger partial charge in [-0.3, -0.25) is 4.98 Å². The van der Waals surface area contributed by atoms with Gasteiger partial charge in [0.15, 0.2) is 0 Å². The number of nitrogens with zero attached hydrogens (tertiary/aromatic N) is 2. The lowest BCUT2D eigenvalue weighted by Gasteiger charge is -2.28. The topological polar surface area (TPSA) is 88.6 Å². The summed E-state index contributed by atoms with van der Waals surface area (Å²) in [4.78, 5) is 16.1. The Balaban J connectivity index is 2.08. The molecule has 0 atom stereocenters. The molecular weight excluding hydrogens is 318 g/mol. The molecule has 0 aliphatic carbocycles. The molecule has 120 valence electrons. The van der Waals surface area contributed by atoms with Crippen LogP contribution in [0.1, 0.15) is 13.8 Å². The molecule has 3 rings (SSSR count). The number of carbonyl (C=O) groups is 1. The van der Waals surface area contributed by atoms with E-state index in [0.29, 0.717) is 10.1 Å². The average Bonchev–Trinajstić information content (AvgIpc) is 2.46. The third kappa shape index (κ3) is 2.72. The molecule has 0 unspecified atom stereocenters. The van der Waals surface area contributed by atoms with Crippen molar-refractivity contribution in [3.05, 3.63) is 42.7 Å². The number of ether oxygens (including phenoxy) is 1. The van der Waals surface area contributed by atoms with Gasteiger partial charge in [0.05, 0.1) is 17.5 Å². The third-order valence-corrected chi connectivity index (χ3v) is 4.89. The number of sulfonamides is 1. The Morgan fingerprint density at radius 2 is 2.04 bits per heavy atom. The Hall–Kier alpha value is -2.61. The zero-order chi connectivity index (χ0) is 16.6. The summed E-state index contributed by atoms with van der Waals surface area (Å²) in [5, 5.41) is 2.55. The molecule has 1 aromatic carbocycles. The van der Waals surface area contributed by atoms with Gasteiger partial charge in [0, 0.05) is 18.5 Å². The van der Waals surface area contributed by atoms with Gasteiger partial charge in [0.25, 0.3) is 10.0 Å². The fraction of sp³-hybridized carbons (Fsp3) is 0.200. The van der Waals surface area contributed by atoms with Crippen LogP contribution in [0.4, 0.5) is 16.2 Å². The molecule has 1 N–H and O–H groups in total. The van der Waals surface area contributed by atoms with Crippen molar-refractivity contribution in [2.75, 3.05) is 9.62 Å². The van der Waals surface area contributed by atoms with Gasteiger partial charge in [-0.15, -0.1) is 0 Å². The van der Waals surface area contributed by atoms with Crippen molar-refractivity contribution in [3.63, 3.8) is 0 Å². The number of carbonyl (C=O) groups excluding carboxylic acids is 1. The van der Waals surface area contributed by atoms with Crippen LogP contribution >= 0.6 is 0 Å². The molecular formula is C15H15N3O4S. The molecule has 2 amide bonds. The van der Waals surface area contributed by atoms with E-state index in [4.69, 9.17) is 4.74 Å². The summed E-state index contributed by atoms with van der Waals surface area (Å²) in [7, 11) is -4.03. The molecule has 2 heterocycles. The number of rotatable bonds is 3. The van der Waals surface area contributed by atoms with E-state index in [-0.39, 0.29) is 22.4 Å². The van der Waals surface area contributed by atoms with E-state index in [1.807, 2.05) is 13.8 Å². The highest BCUT2D eigenvalue weighted by Crippen LogP contribution is 2.34. The molecule has 1 aromatic heterocycles.